The minimum atomic E-state index is -1.41. The number of carbonyl (C=O) groups is 2. The van der Waals surface area contributed by atoms with Gasteiger partial charge in [0.15, 0.2) is 5.13 Å². The number of nitrogens with one attached hydrogen (secondary N) is 1. The molecule has 5 aliphatic rings. The summed E-state index contributed by atoms with van der Waals surface area (Å²) in [6.07, 6.45) is 9.10. The second kappa shape index (κ2) is 12.4. The van der Waals surface area contributed by atoms with Crippen LogP contribution in [-0.2, 0) is 13.0 Å². The SMILES string of the molecule is Cc1c(-c2ccc(N3CCc4cccc(C(=O)Nc5nc6ccccc6s5)c4C3)nc2OC(=O)O)ccnc1SC12CC3CC(CC(C3)C1)C2. The molecule has 0 unspecified atom stereocenters. The highest BCUT2D eigenvalue weighted by atomic mass is 32.2. The lowest BCUT2D eigenvalue weighted by Gasteiger charge is -2.56. The molecule has 4 saturated carbocycles. The second-order valence-electron chi connectivity index (χ2n) is 14.4. The number of rotatable bonds is 7. The van der Waals surface area contributed by atoms with E-state index in [1.807, 2.05) is 72.6 Å². The number of hydrogen-bond donors (Lipinski definition) is 2. The van der Waals surface area contributed by atoms with Crippen LogP contribution in [-0.4, -0.2) is 43.4 Å². The van der Waals surface area contributed by atoms with E-state index in [-0.39, 0.29) is 16.5 Å². The van der Waals surface area contributed by atoms with Crippen LogP contribution >= 0.6 is 23.1 Å². The normalized spacial score (nSPS) is 23.5. The van der Waals surface area contributed by atoms with E-state index in [2.05, 4.69) is 28.2 Å². The number of hydrogen-bond acceptors (Lipinski definition) is 9. The van der Waals surface area contributed by atoms with Gasteiger partial charge in [-0.25, -0.2) is 14.8 Å². The Bertz CT molecular complexity index is 2100. The standard InChI is InChI=1S/C39H37N5O4S2/c1-22-27(11-13-40-36(22)50-39-18-23-15-24(19-39)17-25(16-23)20-39)29-9-10-33(42-35(29)48-38(46)47)44-14-12-26-5-4-6-28(30(26)21-44)34(45)43-37-41-31-7-2-3-8-32(31)49-37/h2-11,13,23-25H,12,14-21H2,1H3,(H,46,47)(H,41,43,45). The molecule has 5 aromatic rings. The smallest absolute Gasteiger partial charge is 0.449 e. The Labute approximate surface area is 298 Å². The van der Waals surface area contributed by atoms with Crippen molar-refractivity contribution >= 4 is 56.3 Å². The van der Waals surface area contributed by atoms with Crippen molar-refractivity contribution in [3.05, 3.63) is 89.1 Å². The van der Waals surface area contributed by atoms with Crippen LogP contribution < -0.4 is 15.0 Å². The monoisotopic (exact) mass is 703 g/mol. The van der Waals surface area contributed by atoms with E-state index in [0.29, 0.717) is 41.6 Å². The Hall–Kier alpha value is -4.48. The molecule has 0 spiro atoms. The maximum Gasteiger partial charge on any atom is 0.512 e. The average Bonchev–Trinajstić information content (AvgIpc) is 3.50. The summed E-state index contributed by atoms with van der Waals surface area (Å²) in [6, 6.07) is 19.4. The number of ether oxygens (including phenoxy) is 1. The van der Waals surface area contributed by atoms with E-state index in [1.165, 1.54) is 49.9 Å². The summed E-state index contributed by atoms with van der Waals surface area (Å²) in [6.45, 7) is 3.18. The van der Waals surface area contributed by atoms with Gasteiger partial charge < -0.3 is 14.7 Å². The second-order valence-corrected chi connectivity index (χ2v) is 16.9. The molecule has 0 atom stereocenters. The lowest BCUT2D eigenvalue weighted by molar-refractivity contribution is 0.0383. The Morgan fingerprint density at radius 2 is 1.74 bits per heavy atom. The van der Waals surface area contributed by atoms with Crippen molar-refractivity contribution in [1.29, 1.82) is 0 Å². The average molecular weight is 704 g/mol. The molecule has 0 saturated heterocycles. The van der Waals surface area contributed by atoms with Crippen molar-refractivity contribution in [1.82, 2.24) is 15.0 Å². The van der Waals surface area contributed by atoms with Gasteiger partial charge in [-0.1, -0.05) is 47.4 Å². The summed E-state index contributed by atoms with van der Waals surface area (Å²) in [5.41, 5.74) is 5.98. The molecule has 3 aromatic heterocycles. The van der Waals surface area contributed by atoms with Crippen molar-refractivity contribution in [3.63, 3.8) is 0 Å². The quantitative estimate of drug-likeness (QED) is 0.160. The minimum absolute atomic E-state index is 0.0442. The number of carbonyl (C=O) groups excluding carboxylic acids is 1. The van der Waals surface area contributed by atoms with Gasteiger partial charge in [-0.05, 0) is 128 Å². The van der Waals surface area contributed by atoms with Crippen molar-refractivity contribution < 1.29 is 19.4 Å². The molecule has 9 nitrogen and oxygen atoms in total. The molecule has 4 aliphatic carbocycles. The third-order valence-electron chi connectivity index (χ3n) is 11.1. The first-order valence-corrected chi connectivity index (χ1v) is 19.0. The number of thiazole rings is 1. The van der Waals surface area contributed by atoms with Crippen molar-refractivity contribution in [2.45, 2.75) is 68.2 Å². The minimum Gasteiger partial charge on any atom is -0.449 e. The van der Waals surface area contributed by atoms with Crippen LogP contribution in [0.3, 0.4) is 0 Å². The molecule has 11 heteroatoms. The fourth-order valence-electron chi connectivity index (χ4n) is 9.32. The number of aromatic nitrogens is 3. The largest absolute Gasteiger partial charge is 0.512 e. The Morgan fingerprint density at radius 1 is 0.960 bits per heavy atom. The van der Waals surface area contributed by atoms with Gasteiger partial charge in [-0.2, -0.15) is 4.98 Å². The lowest BCUT2D eigenvalue weighted by atomic mass is 9.56. The lowest BCUT2D eigenvalue weighted by Crippen LogP contribution is -2.48. The summed E-state index contributed by atoms with van der Waals surface area (Å²) in [5.74, 6) is 2.95. The van der Waals surface area contributed by atoms with E-state index in [9.17, 15) is 14.7 Å². The van der Waals surface area contributed by atoms with Crippen molar-refractivity contribution in [2.24, 2.45) is 17.8 Å². The summed E-state index contributed by atoms with van der Waals surface area (Å²) < 4.78 is 6.63. The summed E-state index contributed by atoms with van der Waals surface area (Å²) in [7, 11) is 0. The van der Waals surface area contributed by atoms with E-state index in [1.54, 1.807) is 0 Å². The maximum atomic E-state index is 13.6. The van der Waals surface area contributed by atoms with Crippen LogP contribution in [0.5, 0.6) is 5.88 Å². The number of carboxylic acid groups (broad SMARTS) is 1. The highest BCUT2D eigenvalue weighted by Gasteiger charge is 2.51. The Kier molecular flexibility index (Phi) is 7.80. The molecule has 0 radical (unpaired) electrons. The van der Waals surface area contributed by atoms with Crippen molar-refractivity contribution in [2.75, 3.05) is 16.8 Å². The summed E-state index contributed by atoms with van der Waals surface area (Å²) >= 11 is 3.39. The van der Waals surface area contributed by atoms with Gasteiger partial charge in [0.2, 0.25) is 5.88 Å². The van der Waals surface area contributed by atoms with Crippen LogP contribution in [0, 0.1) is 24.7 Å². The van der Waals surface area contributed by atoms with Crippen LogP contribution in [0.2, 0.25) is 0 Å². The first-order chi connectivity index (χ1) is 24.3. The van der Waals surface area contributed by atoms with Gasteiger partial charge >= 0.3 is 6.16 Å². The van der Waals surface area contributed by atoms with E-state index in [4.69, 9.17) is 14.7 Å². The van der Waals surface area contributed by atoms with E-state index >= 15 is 0 Å². The number of thioether (sulfide) groups is 1. The zero-order valence-corrected chi connectivity index (χ0v) is 29.4. The van der Waals surface area contributed by atoms with Crippen LogP contribution in [0.15, 0.2) is 71.9 Å². The van der Waals surface area contributed by atoms with Crippen LogP contribution in [0.25, 0.3) is 21.3 Å². The summed E-state index contributed by atoms with van der Waals surface area (Å²) in [5, 5.41) is 14.3. The first kappa shape index (κ1) is 31.5. The highest BCUT2D eigenvalue weighted by molar-refractivity contribution is 8.00. The van der Waals surface area contributed by atoms with Gasteiger partial charge in [-0.3, -0.25) is 10.1 Å². The molecule has 1 amide bonds. The zero-order valence-electron chi connectivity index (χ0n) is 27.7. The third-order valence-corrected chi connectivity index (χ3v) is 13.6. The molecule has 10 rings (SSSR count). The molecule has 2 N–H and O–H groups in total. The van der Waals surface area contributed by atoms with E-state index in [0.717, 1.165) is 55.3 Å². The van der Waals surface area contributed by atoms with Crippen LogP contribution in [0.4, 0.5) is 15.7 Å². The molecule has 254 valence electrons. The van der Waals surface area contributed by atoms with Crippen LogP contribution in [0.1, 0.15) is 65.6 Å². The van der Waals surface area contributed by atoms with Crippen molar-refractivity contribution in [3.8, 4) is 17.0 Å². The Morgan fingerprint density at radius 3 is 2.50 bits per heavy atom. The molecular weight excluding hydrogens is 667 g/mol. The number of para-hydroxylation sites is 1. The zero-order chi connectivity index (χ0) is 34.0. The molecule has 4 bridgehead atoms. The topological polar surface area (TPSA) is 118 Å². The number of fused-ring (bicyclic) bond motifs is 2. The molecule has 4 fully saturated rings. The number of pyridine rings is 2. The molecule has 2 aromatic carbocycles. The molecular formula is C39H37N5O4S2. The molecule has 4 heterocycles. The summed E-state index contributed by atoms with van der Waals surface area (Å²) in [4.78, 5) is 41.8. The first-order valence-electron chi connectivity index (χ1n) is 17.4. The number of amides is 1. The third kappa shape index (κ3) is 5.80. The number of benzene rings is 2. The fraction of sp³-hybridized carbons (Fsp3) is 0.359. The molecule has 1 aliphatic heterocycles. The van der Waals surface area contributed by atoms with Gasteiger partial charge in [0.1, 0.15) is 10.8 Å². The maximum absolute atomic E-state index is 13.6. The van der Waals surface area contributed by atoms with E-state index < -0.39 is 6.16 Å². The van der Waals surface area contributed by atoms with Gasteiger partial charge in [0.25, 0.3) is 5.91 Å². The molecule has 50 heavy (non-hydrogen) atoms. The Balaban J connectivity index is 0.991. The fourth-order valence-corrected chi connectivity index (χ4v) is 11.9. The predicted molar refractivity (Wildman–Crippen MR) is 196 cm³/mol. The number of nitrogens with zero attached hydrogens (tertiary/aromatic N) is 4. The predicted octanol–water partition coefficient (Wildman–Crippen LogP) is 8.99. The number of anilines is 2. The van der Waals surface area contributed by atoms with Gasteiger partial charge in [-0.15, -0.1) is 0 Å². The van der Waals surface area contributed by atoms with Gasteiger partial charge in [0, 0.05) is 35.2 Å². The highest BCUT2D eigenvalue weighted by Crippen LogP contribution is 2.62. The van der Waals surface area contributed by atoms with Gasteiger partial charge in [0.05, 0.1) is 10.2 Å².